The van der Waals surface area contributed by atoms with Gasteiger partial charge in [0.15, 0.2) is 5.75 Å². The average Bonchev–Trinajstić information content (AvgIpc) is 3.11. The molecule has 3 N–H and O–H groups in total. The van der Waals surface area contributed by atoms with Gasteiger partial charge >= 0.3 is 0 Å². The number of amides is 1. The van der Waals surface area contributed by atoms with E-state index < -0.39 is 5.60 Å². The smallest absolute Gasteiger partial charge is 0.256 e. The minimum Gasteiger partial charge on any atom is -0.482 e. The van der Waals surface area contributed by atoms with Crippen molar-refractivity contribution in [3.63, 3.8) is 0 Å². The van der Waals surface area contributed by atoms with Crippen molar-refractivity contribution in [1.82, 2.24) is 10.3 Å². The van der Waals surface area contributed by atoms with Gasteiger partial charge in [0.05, 0.1) is 17.1 Å². The van der Waals surface area contributed by atoms with Crippen molar-refractivity contribution in [2.45, 2.75) is 37.8 Å². The summed E-state index contributed by atoms with van der Waals surface area (Å²) in [4.78, 5) is 19.8. The van der Waals surface area contributed by atoms with Gasteiger partial charge in [0, 0.05) is 30.3 Å². The first-order chi connectivity index (χ1) is 22.6. The number of nitrogens with two attached hydrogens (primary N) is 1. The molecule has 6 rings (SSSR count). The highest BCUT2D eigenvalue weighted by molar-refractivity contribution is 6.10. The number of benzene rings is 5. The summed E-state index contributed by atoms with van der Waals surface area (Å²) in [6.45, 7) is 2.30. The van der Waals surface area contributed by atoms with Crippen molar-refractivity contribution >= 4 is 29.2 Å². The largest absolute Gasteiger partial charge is 0.482 e. The molecule has 0 aliphatic rings. The van der Waals surface area contributed by atoms with Gasteiger partial charge in [0.1, 0.15) is 11.3 Å². The quantitative estimate of drug-likeness (QED) is 0.140. The fourth-order valence-electron chi connectivity index (χ4n) is 6.12. The summed E-state index contributed by atoms with van der Waals surface area (Å²) in [5.74, 6) is 0.217. The van der Waals surface area contributed by atoms with Crippen LogP contribution in [0.15, 0.2) is 146 Å². The van der Waals surface area contributed by atoms with E-state index in [-0.39, 0.29) is 30.9 Å². The predicted octanol–water partition coefficient (Wildman–Crippen LogP) is 8.77. The van der Waals surface area contributed by atoms with E-state index in [1.54, 1.807) is 0 Å². The van der Waals surface area contributed by atoms with Crippen LogP contribution in [0.5, 0.6) is 5.75 Å². The lowest BCUT2D eigenvalue weighted by Crippen LogP contribution is -2.48. The van der Waals surface area contributed by atoms with Gasteiger partial charge in [0.2, 0.25) is 0 Å². The van der Waals surface area contributed by atoms with E-state index in [4.69, 9.17) is 15.5 Å². The first kappa shape index (κ1) is 33.4. The zero-order chi connectivity index (χ0) is 31.8. The lowest BCUT2D eigenvalue weighted by molar-refractivity contribution is 0.0747. The molecule has 5 aromatic carbocycles. The third-order valence-corrected chi connectivity index (χ3v) is 8.47. The number of halogens is 1. The van der Waals surface area contributed by atoms with E-state index in [1.165, 1.54) is 0 Å². The van der Waals surface area contributed by atoms with Crippen molar-refractivity contribution < 1.29 is 9.53 Å². The van der Waals surface area contributed by atoms with Gasteiger partial charge in [-0.3, -0.25) is 4.79 Å². The SMILES string of the molecule is CCC(NC(=O)c1c(OC(CN)(Cc2ccccc2)Cc2ccccc2)c(-c2ccccc2)nc2ccccc12)c1ccccc1.Cl. The van der Waals surface area contributed by atoms with Crippen molar-refractivity contribution in [2.24, 2.45) is 5.73 Å². The molecule has 0 fully saturated rings. The molecule has 238 valence electrons. The number of fused-ring (bicyclic) bond motifs is 1. The topological polar surface area (TPSA) is 77.2 Å². The third-order valence-electron chi connectivity index (χ3n) is 8.47. The number of carbonyl (C=O) groups is 1. The number of aromatic nitrogens is 1. The summed E-state index contributed by atoms with van der Waals surface area (Å²) in [6.07, 6.45) is 1.82. The summed E-state index contributed by atoms with van der Waals surface area (Å²) in [5, 5.41) is 4.06. The van der Waals surface area contributed by atoms with Crippen LogP contribution in [0.3, 0.4) is 0 Å². The van der Waals surface area contributed by atoms with E-state index in [9.17, 15) is 4.79 Å². The minimum atomic E-state index is -0.880. The molecule has 1 amide bonds. The molecule has 1 aromatic heterocycles. The highest BCUT2D eigenvalue weighted by atomic mass is 35.5. The van der Waals surface area contributed by atoms with Gasteiger partial charge in [0.25, 0.3) is 5.91 Å². The van der Waals surface area contributed by atoms with Crippen molar-refractivity contribution in [3.8, 4) is 17.0 Å². The maximum absolute atomic E-state index is 14.6. The van der Waals surface area contributed by atoms with Crippen molar-refractivity contribution in [2.75, 3.05) is 6.54 Å². The third kappa shape index (κ3) is 7.71. The molecular weight excluding hydrogens is 602 g/mol. The fourth-order valence-corrected chi connectivity index (χ4v) is 6.12. The predicted molar refractivity (Wildman–Crippen MR) is 194 cm³/mol. The van der Waals surface area contributed by atoms with E-state index >= 15 is 0 Å². The number of carbonyl (C=O) groups excluding carboxylic acids is 1. The Morgan fingerprint density at radius 2 is 1.26 bits per heavy atom. The van der Waals surface area contributed by atoms with Gasteiger partial charge in [-0.2, -0.15) is 0 Å². The summed E-state index contributed by atoms with van der Waals surface area (Å²) in [6, 6.07) is 48.1. The molecule has 0 spiro atoms. The molecule has 47 heavy (non-hydrogen) atoms. The molecule has 0 bridgehead atoms. The summed E-state index contributed by atoms with van der Waals surface area (Å²) in [5.41, 5.74) is 11.7. The van der Waals surface area contributed by atoms with Gasteiger partial charge < -0.3 is 15.8 Å². The Morgan fingerprint density at radius 1 is 0.745 bits per heavy atom. The van der Waals surface area contributed by atoms with Crippen LogP contribution in [0.1, 0.15) is 46.4 Å². The Bertz CT molecular complexity index is 1840. The lowest BCUT2D eigenvalue weighted by atomic mass is 9.87. The molecule has 1 atom stereocenters. The van der Waals surface area contributed by atoms with Gasteiger partial charge in [-0.15, -0.1) is 12.4 Å². The standard InChI is InChI=1S/C41H39N3O2.ClH/c1-2-35(32-21-11-5-12-22-32)44-40(45)37-34-25-15-16-26-36(34)43-38(33-23-13-6-14-24-33)39(37)46-41(29-42,27-30-17-7-3-8-18-30)28-31-19-9-4-10-20-31;/h3-26,35H,2,27-29,42H2,1H3,(H,44,45);1H. The average molecular weight is 642 g/mol. The molecule has 0 saturated carbocycles. The number of hydrogen-bond acceptors (Lipinski definition) is 4. The lowest BCUT2D eigenvalue weighted by Gasteiger charge is -2.35. The molecule has 0 aliphatic heterocycles. The molecule has 6 aromatic rings. The molecule has 0 radical (unpaired) electrons. The second-order valence-corrected chi connectivity index (χ2v) is 11.7. The zero-order valence-corrected chi connectivity index (χ0v) is 27.3. The van der Waals surface area contributed by atoms with Gasteiger partial charge in [-0.05, 0) is 29.2 Å². The Hall–Kier alpha value is -4.97. The Kier molecular flexibility index (Phi) is 11.0. The van der Waals surface area contributed by atoms with Crippen LogP contribution in [0.25, 0.3) is 22.2 Å². The molecular formula is C41H40ClN3O2. The van der Waals surface area contributed by atoms with Crippen LogP contribution < -0.4 is 15.8 Å². The Labute approximate surface area is 283 Å². The maximum atomic E-state index is 14.6. The molecule has 1 unspecified atom stereocenters. The number of hydrogen-bond donors (Lipinski definition) is 2. The first-order valence-electron chi connectivity index (χ1n) is 15.9. The summed E-state index contributed by atoms with van der Waals surface area (Å²) in [7, 11) is 0. The highest BCUT2D eigenvalue weighted by Crippen LogP contribution is 2.40. The summed E-state index contributed by atoms with van der Waals surface area (Å²) < 4.78 is 7.28. The number of nitrogens with one attached hydrogen (secondary N) is 1. The monoisotopic (exact) mass is 641 g/mol. The van der Waals surface area contributed by atoms with E-state index in [0.717, 1.165) is 39.6 Å². The van der Waals surface area contributed by atoms with Crippen LogP contribution in [0, 0.1) is 0 Å². The molecule has 1 heterocycles. The van der Waals surface area contributed by atoms with Crippen LogP contribution >= 0.6 is 12.4 Å². The highest BCUT2D eigenvalue weighted by Gasteiger charge is 2.36. The van der Waals surface area contributed by atoms with Crippen molar-refractivity contribution in [1.29, 1.82) is 0 Å². The van der Waals surface area contributed by atoms with Crippen molar-refractivity contribution in [3.05, 3.63) is 168 Å². The molecule has 5 nitrogen and oxygen atoms in total. The zero-order valence-electron chi connectivity index (χ0n) is 26.5. The molecule has 6 heteroatoms. The minimum absolute atomic E-state index is 0. The summed E-state index contributed by atoms with van der Waals surface area (Å²) >= 11 is 0. The Balaban J connectivity index is 0.00000433. The second-order valence-electron chi connectivity index (χ2n) is 11.7. The number of para-hydroxylation sites is 1. The molecule has 0 aliphatic carbocycles. The first-order valence-corrected chi connectivity index (χ1v) is 15.9. The van der Waals surface area contributed by atoms with Gasteiger partial charge in [-0.1, -0.05) is 146 Å². The Morgan fingerprint density at radius 3 is 1.81 bits per heavy atom. The number of pyridine rings is 1. The van der Waals surface area contributed by atoms with Crippen LogP contribution in [-0.2, 0) is 12.8 Å². The van der Waals surface area contributed by atoms with Gasteiger partial charge in [-0.25, -0.2) is 4.98 Å². The van der Waals surface area contributed by atoms with E-state index in [2.05, 4.69) is 36.5 Å². The number of nitrogens with zero attached hydrogens (tertiary/aromatic N) is 1. The second kappa shape index (κ2) is 15.5. The van der Waals surface area contributed by atoms with E-state index in [1.807, 2.05) is 121 Å². The number of ether oxygens (including phenoxy) is 1. The number of rotatable bonds is 12. The normalized spacial score (nSPS) is 11.8. The van der Waals surface area contributed by atoms with E-state index in [0.29, 0.717) is 29.8 Å². The molecule has 0 saturated heterocycles. The van der Waals surface area contributed by atoms with Crippen LogP contribution in [0.4, 0.5) is 0 Å². The maximum Gasteiger partial charge on any atom is 0.256 e. The fraction of sp³-hybridized carbons (Fsp3) is 0.171. The van der Waals surface area contributed by atoms with Crippen LogP contribution in [-0.4, -0.2) is 23.0 Å². The van der Waals surface area contributed by atoms with Crippen LogP contribution in [0.2, 0.25) is 0 Å².